The van der Waals surface area contributed by atoms with Crippen molar-refractivity contribution in [2.75, 3.05) is 5.32 Å². The monoisotopic (exact) mass is 445 g/mol. The van der Waals surface area contributed by atoms with Crippen molar-refractivity contribution in [2.45, 2.75) is 44.2 Å². The molecular formula is C26H27N3O4. The predicted molar refractivity (Wildman–Crippen MR) is 125 cm³/mol. The zero-order valence-corrected chi connectivity index (χ0v) is 18.5. The van der Waals surface area contributed by atoms with Crippen LogP contribution in [0.1, 0.15) is 60.1 Å². The molecule has 4 rings (SSSR count). The van der Waals surface area contributed by atoms with Crippen molar-refractivity contribution >= 4 is 17.7 Å². The minimum Gasteiger partial charge on any atom is -0.506 e. The molecule has 0 unspecified atom stereocenters. The Labute approximate surface area is 192 Å². The molecule has 1 aromatic heterocycles. The summed E-state index contributed by atoms with van der Waals surface area (Å²) in [5.41, 5.74) is 1.92. The third-order valence-electron chi connectivity index (χ3n) is 6.05. The molecule has 2 amide bonds. The van der Waals surface area contributed by atoms with E-state index >= 15 is 0 Å². The summed E-state index contributed by atoms with van der Waals surface area (Å²) in [6.45, 7) is 1.86. The van der Waals surface area contributed by atoms with Crippen molar-refractivity contribution < 1.29 is 19.4 Å². The summed E-state index contributed by atoms with van der Waals surface area (Å²) in [6.07, 6.45) is 6.56. The summed E-state index contributed by atoms with van der Waals surface area (Å²) in [4.78, 5) is 29.4. The number of nitrogens with zero attached hydrogens (tertiary/aromatic N) is 1. The van der Waals surface area contributed by atoms with Crippen LogP contribution in [-0.4, -0.2) is 22.1 Å². The Balaban J connectivity index is 1.38. The van der Waals surface area contributed by atoms with Gasteiger partial charge in [0.05, 0.1) is 11.7 Å². The highest BCUT2D eigenvalue weighted by molar-refractivity contribution is 6.05. The van der Waals surface area contributed by atoms with Gasteiger partial charge in [0, 0.05) is 23.5 Å². The van der Waals surface area contributed by atoms with Gasteiger partial charge in [-0.25, -0.2) is 4.79 Å². The van der Waals surface area contributed by atoms with Crippen LogP contribution >= 0.6 is 0 Å². The topological polar surface area (TPSA) is 101 Å². The van der Waals surface area contributed by atoms with E-state index in [-0.39, 0.29) is 17.7 Å². The molecule has 1 aliphatic carbocycles. The van der Waals surface area contributed by atoms with E-state index < -0.39 is 11.7 Å². The Morgan fingerprint density at radius 1 is 1.03 bits per heavy atom. The number of carbonyl (C=O) groups is 2. The van der Waals surface area contributed by atoms with Crippen molar-refractivity contribution in [3.63, 3.8) is 0 Å². The van der Waals surface area contributed by atoms with Crippen molar-refractivity contribution in [1.29, 1.82) is 0 Å². The third-order valence-corrected chi connectivity index (χ3v) is 6.05. The lowest BCUT2D eigenvalue weighted by molar-refractivity contribution is 0.0107. The molecule has 0 saturated heterocycles. The Morgan fingerprint density at radius 2 is 1.76 bits per heavy atom. The van der Waals surface area contributed by atoms with E-state index in [1.807, 2.05) is 19.1 Å². The van der Waals surface area contributed by atoms with Gasteiger partial charge in [-0.1, -0.05) is 30.3 Å². The zero-order valence-electron chi connectivity index (χ0n) is 18.5. The van der Waals surface area contributed by atoms with E-state index in [0.29, 0.717) is 11.3 Å². The highest BCUT2D eigenvalue weighted by Gasteiger charge is 2.40. The molecule has 7 nitrogen and oxygen atoms in total. The average molecular weight is 446 g/mol. The molecule has 1 aliphatic rings. The van der Waals surface area contributed by atoms with Gasteiger partial charge in [-0.05, 0) is 68.5 Å². The fraction of sp³-hybridized carbons (Fsp3) is 0.269. The Bertz CT molecular complexity index is 1110. The van der Waals surface area contributed by atoms with Gasteiger partial charge in [0.25, 0.3) is 5.91 Å². The lowest BCUT2D eigenvalue weighted by atomic mass is 9.93. The summed E-state index contributed by atoms with van der Waals surface area (Å²) in [5, 5.41) is 15.4. The number of hydrogen-bond acceptors (Lipinski definition) is 5. The number of ether oxygens (including phenoxy) is 1. The fourth-order valence-corrected chi connectivity index (χ4v) is 4.19. The largest absolute Gasteiger partial charge is 0.506 e. The van der Waals surface area contributed by atoms with Crippen molar-refractivity contribution in [1.82, 2.24) is 10.3 Å². The standard InChI is InChI=1S/C26H27N3O4/c1-18(28-25(32)33-26(14-4-5-15-26)21-7-6-16-27-17-21)19-10-12-20(13-11-19)24(31)29-22-8-2-3-9-23(22)30/h2-3,6-13,16-18,30H,4-5,14-15H2,1H3,(H,28,32)(H,29,31)/t18-/m0/s1. The highest BCUT2D eigenvalue weighted by atomic mass is 16.6. The molecule has 7 heteroatoms. The zero-order chi connectivity index (χ0) is 23.3. The summed E-state index contributed by atoms with van der Waals surface area (Å²) >= 11 is 0. The van der Waals surface area contributed by atoms with Crippen LogP contribution in [0.5, 0.6) is 5.75 Å². The maximum Gasteiger partial charge on any atom is 0.408 e. The summed E-state index contributed by atoms with van der Waals surface area (Å²) in [7, 11) is 0. The minimum atomic E-state index is -0.636. The van der Waals surface area contributed by atoms with Crippen molar-refractivity contribution in [3.05, 3.63) is 89.7 Å². The average Bonchev–Trinajstić information content (AvgIpc) is 3.30. The molecule has 2 aromatic carbocycles. The van der Waals surface area contributed by atoms with Gasteiger partial charge in [0.15, 0.2) is 0 Å². The molecule has 1 saturated carbocycles. The summed E-state index contributed by atoms with van der Waals surface area (Å²) in [6, 6.07) is 17.0. The number of pyridine rings is 1. The number of carbonyl (C=O) groups excluding carboxylic acids is 2. The number of benzene rings is 2. The van der Waals surface area contributed by atoms with E-state index in [9.17, 15) is 14.7 Å². The van der Waals surface area contributed by atoms with E-state index in [1.165, 1.54) is 6.07 Å². The third kappa shape index (κ3) is 5.14. The number of aromatic nitrogens is 1. The minimum absolute atomic E-state index is 0.00474. The van der Waals surface area contributed by atoms with Crippen LogP contribution in [0.2, 0.25) is 0 Å². The quantitative estimate of drug-likeness (QED) is 0.447. The smallest absolute Gasteiger partial charge is 0.408 e. The fourth-order valence-electron chi connectivity index (χ4n) is 4.19. The summed E-state index contributed by atoms with van der Waals surface area (Å²) < 4.78 is 5.94. The number of phenolic OH excluding ortho intramolecular Hbond substituents is 1. The van der Waals surface area contributed by atoms with Gasteiger partial charge in [-0.3, -0.25) is 9.78 Å². The van der Waals surface area contributed by atoms with E-state index in [2.05, 4.69) is 15.6 Å². The second-order valence-corrected chi connectivity index (χ2v) is 8.29. The number of rotatable bonds is 6. The molecule has 1 atom stereocenters. The van der Waals surface area contributed by atoms with Crippen molar-refractivity contribution in [2.24, 2.45) is 0 Å². The molecule has 33 heavy (non-hydrogen) atoms. The Kier molecular flexibility index (Phi) is 6.58. The number of hydrogen-bond donors (Lipinski definition) is 3. The van der Waals surface area contributed by atoms with Gasteiger partial charge in [-0.2, -0.15) is 0 Å². The highest BCUT2D eigenvalue weighted by Crippen LogP contribution is 2.42. The molecule has 0 bridgehead atoms. The Hall–Kier alpha value is -3.87. The van der Waals surface area contributed by atoms with E-state index in [0.717, 1.165) is 36.8 Å². The number of para-hydroxylation sites is 2. The normalized spacial score (nSPS) is 15.4. The maximum absolute atomic E-state index is 12.7. The van der Waals surface area contributed by atoms with Crippen LogP contribution in [0.15, 0.2) is 73.1 Å². The van der Waals surface area contributed by atoms with Crippen LogP contribution in [0.3, 0.4) is 0 Å². The van der Waals surface area contributed by atoms with Gasteiger partial charge < -0.3 is 20.5 Å². The maximum atomic E-state index is 12.7. The first-order chi connectivity index (χ1) is 16.0. The van der Waals surface area contributed by atoms with Gasteiger partial charge >= 0.3 is 6.09 Å². The first kappa shape index (κ1) is 22.3. The number of aromatic hydroxyl groups is 1. The van der Waals surface area contributed by atoms with Crippen LogP contribution in [0, 0.1) is 0 Å². The van der Waals surface area contributed by atoms with Gasteiger partial charge in [0.2, 0.25) is 0 Å². The van der Waals surface area contributed by atoms with Crippen LogP contribution < -0.4 is 10.6 Å². The lowest BCUT2D eigenvalue weighted by Gasteiger charge is -2.30. The van der Waals surface area contributed by atoms with Crippen LogP contribution in [0.25, 0.3) is 0 Å². The molecule has 3 N–H and O–H groups in total. The number of alkyl carbamates (subject to hydrolysis) is 1. The van der Waals surface area contributed by atoms with E-state index in [4.69, 9.17) is 4.74 Å². The van der Waals surface area contributed by atoms with Gasteiger partial charge in [0.1, 0.15) is 11.4 Å². The molecule has 0 spiro atoms. The van der Waals surface area contributed by atoms with Crippen molar-refractivity contribution in [3.8, 4) is 5.75 Å². The lowest BCUT2D eigenvalue weighted by Crippen LogP contribution is -2.36. The second kappa shape index (κ2) is 9.73. The van der Waals surface area contributed by atoms with Gasteiger partial charge in [-0.15, -0.1) is 0 Å². The SMILES string of the molecule is C[C@H](NC(=O)OC1(c2cccnc2)CCCC1)c1ccc(C(=O)Nc2ccccc2O)cc1. The molecule has 3 aromatic rings. The number of phenols is 1. The first-order valence-electron chi connectivity index (χ1n) is 11.1. The molecule has 0 radical (unpaired) electrons. The summed E-state index contributed by atoms with van der Waals surface area (Å²) in [5.74, 6) is -0.326. The molecule has 1 heterocycles. The van der Waals surface area contributed by atoms with Crippen LogP contribution in [0.4, 0.5) is 10.5 Å². The molecule has 170 valence electrons. The first-order valence-corrected chi connectivity index (χ1v) is 11.1. The number of amides is 2. The second-order valence-electron chi connectivity index (χ2n) is 8.29. The Morgan fingerprint density at radius 3 is 2.42 bits per heavy atom. The predicted octanol–water partition coefficient (Wildman–Crippen LogP) is 5.30. The van der Waals surface area contributed by atoms with Crippen LogP contribution in [-0.2, 0) is 10.3 Å². The number of anilines is 1. The molecule has 0 aliphatic heterocycles. The van der Waals surface area contributed by atoms with E-state index in [1.54, 1.807) is 54.9 Å². The molecular weight excluding hydrogens is 418 g/mol. The molecule has 1 fully saturated rings. The number of nitrogens with one attached hydrogen (secondary N) is 2.